The lowest BCUT2D eigenvalue weighted by Crippen LogP contribution is -2.57. The van der Waals surface area contributed by atoms with Gasteiger partial charge in [0.2, 0.25) is 0 Å². The Labute approximate surface area is 116 Å². The highest BCUT2D eigenvalue weighted by Crippen LogP contribution is 2.26. The average Bonchev–Trinajstić information content (AvgIpc) is 2.39. The minimum Gasteiger partial charge on any atom is -0.364 e. The third-order valence-electron chi connectivity index (χ3n) is 4.34. The van der Waals surface area contributed by atoms with Gasteiger partial charge in [-0.1, -0.05) is 26.3 Å². The van der Waals surface area contributed by atoms with E-state index in [9.17, 15) is 4.39 Å². The number of nitrogens with one attached hydrogen (secondary N) is 1. The van der Waals surface area contributed by atoms with E-state index in [-0.39, 0.29) is 5.82 Å². The van der Waals surface area contributed by atoms with E-state index in [2.05, 4.69) is 31.0 Å². The van der Waals surface area contributed by atoms with E-state index in [4.69, 9.17) is 0 Å². The number of anilines is 1. The van der Waals surface area contributed by atoms with E-state index < -0.39 is 0 Å². The Kier molecular flexibility index (Phi) is 4.46. The molecule has 1 aromatic rings. The van der Waals surface area contributed by atoms with E-state index >= 15 is 0 Å². The van der Waals surface area contributed by atoms with Crippen LogP contribution >= 0.6 is 0 Å². The first-order valence-corrected chi connectivity index (χ1v) is 7.29. The summed E-state index contributed by atoms with van der Waals surface area (Å²) < 4.78 is 14.2. The minimum absolute atomic E-state index is 0.100. The molecule has 0 bridgehead atoms. The van der Waals surface area contributed by atoms with Crippen molar-refractivity contribution in [1.82, 2.24) is 5.32 Å². The van der Waals surface area contributed by atoms with E-state index in [1.165, 1.54) is 0 Å². The van der Waals surface area contributed by atoms with Crippen molar-refractivity contribution in [3.05, 3.63) is 29.6 Å². The molecule has 0 amide bonds. The van der Waals surface area contributed by atoms with Crippen LogP contribution in [-0.2, 0) is 0 Å². The average molecular weight is 264 g/mol. The third-order valence-corrected chi connectivity index (χ3v) is 4.34. The Balaban J connectivity index is 2.21. The molecule has 0 spiro atoms. The first kappa shape index (κ1) is 14.3. The molecule has 3 heteroatoms. The van der Waals surface area contributed by atoms with Gasteiger partial charge < -0.3 is 10.2 Å². The van der Waals surface area contributed by atoms with Crippen LogP contribution in [0.1, 0.15) is 32.8 Å². The Hall–Kier alpha value is -1.09. The number of aryl methyl sites for hydroxylation is 1. The maximum absolute atomic E-state index is 14.2. The fraction of sp³-hybridized carbons (Fsp3) is 0.625. The van der Waals surface area contributed by atoms with Gasteiger partial charge >= 0.3 is 0 Å². The van der Waals surface area contributed by atoms with Crippen LogP contribution in [0.2, 0.25) is 0 Å². The van der Waals surface area contributed by atoms with Crippen molar-refractivity contribution in [3.63, 3.8) is 0 Å². The first-order valence-electron chi connectivity index (χ1n) is 7.29. The van der Waals surface area contributed by atoms with Gasteiger partial charge in [-0.2, -0.15) is 0 Å². The second-order valence-electron chi connectivity index (χ2n) is 5.86. The van der Waals surface area contributed by atoms with Crippen molar-refractivity contribution in [2.75, 3.05) is 18.0 Å². The summed E-state index contributed by atoms with van der Waals surface area (Å²) in [5.41, 5.74) is 1.72. The van der Waals surface area contributed by atoms with Crippen LogP contribution in [0.15, 0.2) is 18.2 Å². The molecule has 1 saturated heterocycles. The fourth-order valence-corrected chi connectivity index (χ4v) is 2.73. The molecule has 0 saturated carbocycles. The first-order chi connectivity index (χ1) is 9.02. The maximum atomic E-state index is 14.2. The number of benzene rings is 1. The van der Waals surface area contributed by atoms with Crippen LogP contribution in [0.3, 0.4) is 0 Å². The largest absolute Gasteiger partial charge is 0.364 e. The molecule has 19 heavy (non-hydrogen) atoms. The monoisotopic (exact) mass is 264 g/mol. The van der Waals surface area contributed by atoms with Crippen LogP contribution in [0, 0.1) is 18.7 Å². The molecule has 1 aromatic carbocycles. The second-order valence-corrected chi connectivity index (χ2v) is 5.86. The van der Waals surface area contributed by atoms with Crippen LogP contribution in [0.25, 0.3) is 0 Å². The number of piperazine rings is 1. The quantitative estimate of drug-likeness (QED) is 0.900. The number of halogens is 1. The lowest BCUT2D eigenvalue weighted by Gasteiger charge is -2.42. The highest BCUT2D eigenvalue weighted by atomic mass is 19.1. The zero-order valence-electron chi connectivity index (χ0n) is 12.4. The van der Waals surface area contributed by atoms with Crippen molar-refractivity contribution >= 4 is 5.69 Å². The summed E-state index contributed by atoms with van der Waals surface area (Å²) >= 11 is 0. The molecule has 0 radical (unpaired) electrons. The van der Waals surface area contributed by atoms with Crippen molar-refractivity contribution < 1.29 is 4.39 Å². The molecular formula is C16H25FN2. The topological polar surface area (TPSA) is 15.3 Å². The maximum Gasteiger partial charge on any atom is 0.146 e. The van der Waals surface area contributed by atoms with E-state index in [0.717, 1.165) is 30.8 Å². The summed E-state index contributed by atoms with van der Waals surface area (Å²) in [4.78, 5) is 2.21. The number of nitrogens with zero attached hydrogens (tertiary/aromatic N) is 1. The normalized spacial score (nSPS) is 25.4. The SMILES string of the molecule is CCC(C)C1CN(c2ccc(C)cc2F)C(C)CN1. The lowest BCUT2D eigenvalue weighted by molar-refractivity contribution is 0.314. The Morgan fingerprint density at radius 2 is 2.21 bits per heavy atom. The van der Waals surface area contributed by atoms with Gasteiger partial charge in [-0.25, -0.2) is 4.39 Å². The van der Waals surface area contributed by atoms with Crippen LogP contribution in [0.4, 0.5) is 10.1 Å². The molecular weight excluding hydrogens is 239 g/mol. The van der Waals surface area contributed by atoms with E-state index in [0.29, 0.717) is 18.0 Å². The fourth-order valence-electron chi connectivity index (χ4n) is 2.73. The van der Waals surface area contributed by atoms with Crippen LogP contribution in [0.5, 0.6) is 0 Å². The Morgan fingerprint density at radius 1 is 1.47 bits per heavy atom. The molecule has 2 nitrogen and oxygen atoms in total. The molecule has 1 N–H and O–H groups in total. The van der Waals surface area contributed by atoms with Gasteiger partial charge in [-0.05, 0) is 37.5 Å². The Bertz CT molecular complexity index is 433. The molecule has 3 unspecified atom stereocenters. The van der Waals surface area contributed by atoms with Gasteiger partial charge in [0.1, 0.15) is 5.82 Å². The van der Waals surface area contributed by atoms with E-state index in [1.54, 1.807) is 6.07 Å². The zero-order valence-corrected chi connectivity index (χ0v) is 12.4. The van der Waals surface area contributed by atoms with Crippen molar-refractivity contribution in [2.24, 2.45) is 5.92 Å². The predicted molar refractivity (Wildman–Crippen MR) is 79.2 cm³/mol. The van der Waals surface area contributed by atoms with Gasteiger partial charge in [-0.15, -0.1) is 0 Å². The number of hydrogen-bond donors (Lipinski definition) is 1. The molecule has 1 heterocycles. The third kappa shape index (κ3) is 3.08. The molecule has 3 atom stereocenters. The summed E-state index contributed by atoms with van der Waals surface area (Å²) in [6.45, 7) is 10.4. The van der Waals surface area contributed by atoms with Crippen LogP contribution < -0.4 is 10.2 Å². The van der Waals surface area contributed by atoms with Crippen molar-refractivity contribution in [2.45, 2.75) is 46.2 Å². The van der Waals surface area contributed by atoms with Gasteiger partial charge in [0.15, 0.2) is 0 Å². The molecule has 106 valence electrons. The lowest BCUT2D eigenvalue weighted by atomic mass is 9.95. The minimum atomic E-state index is -0.100. The van der Waals surface area contributed by atoms with Crippen molar-refractivity contribution in [3.8, 4) is 0 Å². The van der Waals surface area contributed by atoms with Gasteiger partial charge in [0.25, 0.3) is 0 Å². The predicted octanol–water partition coefficient (Wildman–Crippen LogP) is 3.35. The smallest absolute Gasteiger partial charge is 0.146 e. The summed E-state index contributed by atoms with van der Waals surface area (Å²) in [7, 11) is 0. The molecule has 0 aliphatic carbocycles. The summed E-state index contributed by atoms with van der Waals surface area (Å²) in [5.74, 6) is 0.514. The summed E-state index contributed by atoms with van der Waals surface area (Å²) in [6.07, 6.45) is 1.15. The highest BCUT2D eigenvalue weighted by Gasteiger charge is 2.29. The summed E-state index contributed by atoms with van der Waals surface area (Å²) in [6, 6.07) is 6.31. The molecule has 1 aliphatic rings. The van der Waals surface area contributed by atoms with Gasteiger partial charge in [0, 0.05) is 25.2 Å². The standard InChI is InChI=1S/C16H25FN2/c1-5-12(3)15-10-19(13(4)9-18-15)16-7-6-11(2)8-14(16)17/h6-8,12-13,15,18H,5,9-10H2,1-4H3. The van der Waals surface area contributed by atoms with E-state index in [1.807, 2.05) is 19.1 Å². The second kappa shape index (κ2) is 5.91. The van der Waals surface area contributed by atoms with Gasteiger partial charge in [0.05, 0.1) is 5.69 Å². The zero-order chi connectivity index (χ0) is 14.0. The highest BCUT2D eigenvalue weighted by molar-refractivity contribution is 5.50. The number of hydrogen-bond acceptors (Lipinski definition) is 2. The van der Waals surface area contributed by atoms with Gasteiger partial charge in [-0.3, -0.25) is 0 Å². The molecule has 2 rings (SSSR count). The van der Waals surface area contributed by atoms with Crippen LogP contribution in [-0.4, -0.2) is 25.2 Å². The molecule has 0 aromatic heterocycles. The van der Waals surface area contributed by atoms with Crippen molar-refractivity contribution in [1.29, 1.82) is 0 Å². The molecule has 1 fully saturated rings. The number of rotatable bonds is 3. The Morgan fingerprint density at radius 3 is 2.84 bits per heavy atom. The summed E-state index contributed by atoms with van der Waals surface area (Å²) in [5, 5.41) is 3.59. The molecule has 1 aliphatic heterocycles.